The number of rotatable bonds is 3. The molecule has 4 rings (SSSR count). The third-order valence-corrected chi connectivity index (χ3v) is 6.12. The summed E-state index contributed by atoms with van der Waals surface area (Å²) in [6.45, 7) is 7.13. The summed E-state index contributed by atoms with van der Waals surface area (Å²) in [4.78, 5) is 21.7. The predicted molar refractivity (Wildman–Crippen MR) is 105 cm³/mol. The number of aromatic nitrogens is 3. The second kappa shape index (κ2) is 6.72. The van der Waals surface area contributed by atoms with Gasteiger partial charge in [-0.05, 0) is 31.0 Å². The minimum Gasteiger partial charge on any atom is -0.345 e. The Balaban J connectivity index is 1.47. The molecule has 0 saturated carbocycles. The fourth-order valence-electron chi connectivity index (χ4n) is 3.34. The maximum atomic E-state index is 12.7. The van der Waals surface area contributed by atoms with Crippen molar-refractivity contribution < 1.29 is 4.79 Å². The SMILES string of the molecule is CCc1cccc2sc(N3CCN(C(=O)c4cc(C)n(C)n4)CC3)nc12. The van der Waals surface area contributed by atoms with Crippen molar-refractivity contribution in [2.75, 3.05) is 31.1 Å². The lowest BCUT2D eigenvalue weighted by molar-refractivity contribution is 0.0740. The molecule has 3 heterocycles. The molecule has 136 valence electrons. The maximum Gasteiger partial charge on any atom is 0.274 e. The van der Waals surface area contributed by atoms with Gasteiger partial charge < -0.3 is 9.80 Å². The second-order valence-corrected chi connectivity index (χ2v) is 7.70. The fourth-order valence-corrected chi connectivity index (χ4v) is 4.41. The number of fused-ring (bicyclic) bond motifs is 1. The summed E-state index contributed by atoms with van der Waals surface area (Å²) >= 11 is 1.74. The molecule has 0 atom stereocenters. The number of aryl methyl sites for hydroxylation is 3. The molecule has 3 aromatic rings. The lowest BCUT2D eigenvalue weighted by Gasteiger charge is -2.34. The van der Waals surface area contributed by atoms with Crippen LogP contribution in [0.25, 0.3) is 10.2 Å². The highest BCUT2D eigenvalue weighted by Gasteiger charge is 2.25. The summed E-state index contributed by atoms with van der Waals surface area (Å²) in [6, 6.07) is 8.25. The molecule has 6 nitrogen and oxygen atoms in total. The highest BCUT2D eigenvalue weighted by molar-refractivity contribution is 7.22. The quantitative estimate of drug-likeness (QED) is 0.712. The van der Waals surface area contributed by atoms with Gasteiger partial charge in [-0.25, -0.2) is 4.98 Å². The van der Waals surface area contributed by atoms with E-state index >= 15 is 0 Å². The van der Waals surface area contributed by atoms with Crippen LogP contribution in [0.1, 0.15) is 28.7 Å². The molecule has 1 saturated heterocycles. The first kappa shape index (κ1) is 17.0. The molecule has 7 heteroatoms. The standard InChI is InChI=1S/C19H23N5OS/c1-4-14-6-5-7-16-17(14)20-19(26-16)24-10-8-23(9-11-24)18(25)15-12-13(2)22(3)21-15/h5-7,12H,4,8-11H2,1-3H3. The van der Waals surface area contributed by atoms with Gasteiger partial charge in [0, 0.05) is 38.9 Å². The Morgan fingerprint density at radius 2 is 2.00 bits per heavy atom. The molecule has 0 unspecified atom stereocenters. The van der Waals surface area contributed by atoms with E-state index in [0.717, 1.165) is 35.9 Å². The Labute approximate surface area is 157 Å². The van der Waals surface area contributed by atoms with Gasteiger partial charge in [0.1, 0.15) is 0 Å². The maximum absolute atomic E-state index is 12.7. The van der Waals surface area contributed by atoms with Crippen molar-refractivity contribution in [3.05, 3.63) is 41.2 Å². The van der Waals surface area contributed by atoms with Crippen molar-refractivity contribution in [1.29, 1.82) is 0 Å². The highest BCUT2D eigenvalue weighted by Crippen LogP contribution is 2.31. The van der Waals surface area contributed by atoms with Crippen LogP contribution in [0.3, 0.4) is 0 Å². The Morgan fingerprint density at radius 1 is 1.23 bits per heavy atom. The van der Waals surface area contributed by atoms with Gasteiger partial charge in [0.25, 0.3) is 5.91 Å². The molecule has 26 heavy (non-hydrogen) atoms. The Morgan fingerprint density at radius 3 is 2.65 bits per heavy atom. The van der Waals surface area contributed by atoms with E-state index in [2.05, 4.69) is 35.1 Å². The van der Waals surface area contributed by atoms with Crippen molar-refractivity contribution in [3.63, 3.8) is 0 Å². The minimum absolute atomic E-state index is 0.0194. The van der Waals surface area contributed by atoms with E-state index in [0.29, 0.717) is 18.8 Å². The molecule has 2 aromatic heterocycles. The van der Waals surface area contributed by atoms with Crippen LogP contribution >= 0.6 is 11.3 Å². The van der Waals surface area contributed by atoms with Crippen LogP contribution in [0.15, 0.2) is 24.3 Å². The minimum atomic E-state index is 0.0194. The molecule has 0 bridgehead atoms. The third kappa shape index (κ3) is 2.96. The highest BCUT2D eigenvalue weighted by atomic mass is 32.1. The van der Waals surface area contributed by atoms with Gasteiger partial charge in [0.05, 0.1) is 10.2 Å². The topological polar surface area (TPSA) is 54.3 Å². The number of benzene rings is 1. The van der Waals surface area contributed by atoms with Gasteiger partial charge in [-0.1, -0.05) is 30.4 Å². The number of piperazine rings is 1. The lowest BCUT2D eigenvalue weighted by atomic mass is 10.1. The molecule has 0 radical (unpaired) electrons. The Hall–Kier alpha value is -2.41. The number of thiazole rings is 1. The van der Waals surface area contributed by atoms with E-state index in [-0.39, 0.29) is 5.91 Å². The number of para-hydroxylation sites is 1. The Bertz CT molecular complexity index is 933. The van der Waals surface area contributed by atoms with Crippen molar-refractivity contribution >= 4 is 32.6 Å². The van der Waals surface area contributed by atoms with Crippen LogP contribution in [-0.2, 0) is 13.5 Å². The smallest absolute Gasteiger partial charge is 0.274 e. The molecular formula is C19H23N5OS. The number of hydrogen-bond donors (Lipinski definition) is 0. The first-order valence-corrected chi connectivity index (χ1v) is 9.81. The summed E-state index contributed by atoms with van der Waals surface area (Å²) in [6.07, 6.45) is 0.992. The summed E-state index contributed by atoms with van der Waals surface area (Å²) in [5.74, 6) is 0.0194. The molecule has 0 spiro atoms. The summed E-state index contributed by atoms with van der Waals surface area (Å²) in [7, 11) is 1.86. The second-order valence-electron chi connectivity index (χ2n) is 6.69. The van der Waals surface area contributed by atoms with Gasteiger partial charge >= 0.3 is 0 Å². The molecule has 0 aliphatic carbocycles. The molecule has 1 fully saturated rings. The molecule has 1 aliphatic rings. The van der Waals surface area contributed by atoms with E-state index in [1.165, 1.54) is 10.3 Å². The number of amides is 1. The van der Waals surface area contributed by atoms with Gasteiger partial charge in [0.15, 0.2) is 10.8 Å². The zero-order valence-electron chi connectivity index (χ0n) is 15.4. The molecule has 1 aromatic carbocycles. The summed E-state index contributed by atoms with van der Waals surface area (Å²) < 4.78 is 2.98. The molecule has 1 amide bonds. The molecular weight excluding hydrogens is 346 g/mol. The van der Waals surface area contributed by atoms with Gasteiger partial charge in [-0.3, -0.25) is 9.48 Å². The van der Waals surface area contributed by atoms with Crippen molar-refractivity contribution in [1.82, 2.24) is 19.7 Å². The zero-order valence-corrected chi connectivity index (χ0v) is 16.2. The van der Waals surface area contributed by atoms with E-state index in [9.17, 15) is 4.79 Å². The van der Waals surface area contributed by atoms with Gasteiger partial charge in [-0.15, -0.1) is 0 Å². The van der Waals surface area contributed by atoms with E-state index in [1.54, 1.807) is 16.0 Å². The number of nitrogens with zero attached hydrogens (tertiary/aromatic N) is 5. The largest absolute Gasteiger partial charge is 0.345 e. The summed E-state index contributed by atoms with van der Waals surface area (Å²) in [5, 5.41) is 5.37. The number of anilines is 1. The van der Waals surface area contributed by atoms with Crippen LogP contribution < -0.4 is 4.90 Å². The summed E-state index contributed by atoms with van der Waals surface area (Å²) in [5.41, 5.74) is 3.95. The number of carbonyl (C=O) groups excluding carboxylic acids is 1. The van der Waals surface area contributed by atoms with Crippen LogP contribution in [-0.4, -0.2) is 51.8 Å². The van der Waals surface area contributed by atoms with Gasteiger partial charge in [-0.2, -0.15) is 5.10 Å². The lowest BCUT2D eigenvalue weighted by Crippen LogP contribution is -2.48. The Kier molecular flexibility index (Phi) is 4.40. The fraction of sp³-hybridized carbons (Fsp3) is 0.421. The van der Waals surface area contributed by atoms with Crippen LogP contribution in [0.2, 0.25) is 0 Å². The third-order valence-electron chi connectivity index (χ3n) is 5.04. The van der Waals surface area contributed by atoms with Crippen LogP contribution in [0.5, 0.6) is 0 Å². The van der Waals surface area contributed by atoms with E-state index < -0.39 is 0 Å². The predicted octanol–water partition coefficient (Wildman–Crippen LogP) is 2.86. The van der Waals surface area contributed by atoms with Crippen molar-refractivity contribution in [2.45, 2.75) is 20.3 Å². The average Bonchev–Trinajstić information content (AvgIpc) is 3.24. The van der Waals surface area contributed by atoms with Crippen molar-refractivity contribution in [3.8, 4) is 0 Å². The van der Waals surface area contributed by atoms with E-state index in [4.69, 9.17) is 4.98 Å². The normalized spacial score (nSPS) is 15.0. The number of carbonyl (C=O) groups is 1. The van der Waals surface area contributed by atoms with Crippen LogP contribution in [0, 0.1) is 6.92 Å². The van der Waals surface area contributed by atoms with E-state index in [1.807, 2.05) is 24.9 Å². The van der Waals surface area contributed by atoms with Crippen LogP contribution in [0.4, 0.5) is 5.13 Å². The zero-order chi connectivity index (χ0) is 18.3. The van der Waals surface area contributed by atoms with Crippen molar-refractivity contribution in [2.24, 2.45) is 7.05 Å². The van der Waals surface area contributed by atoms with Gasteiger partial charge in [0.2, 0.25) is 0 Å². The first-order valence-electron chi connectivity index (χ1n) is 9.00. The number of hydrogen-bond acceptors (Lipinski definition) is 5. The average molecular weight is 369 g/mol. The first-order chi connectivity index (χ1) is 12.6. The molecule has 0 N–H and O–H groups in total. The monoisotopic (exact) mass is 369 g/mol. The molecule has 1 aliphatic heterocycles.